The second-order valence-electron chi connectivity index (χ2n) is 2.16. The van der Waals surface area contributed by atoms with E-state index in [1.807, 2.05) is 0 Å². The highest BCUT2D eigenvalue weighted by molar-refractivity contribution is 9.11. The molecule has 0 radical (unpaired) electrons. The molecule has 1 aromatic rings. The van der Waals surface area contributed by atoms with Crippen molar-refractivity contribution in [2.75, 3.05) is 0 Å². The molecule has 5 heteroatoms. The Morgan fingerprint density at radius 2 is 2.33 bits per heavy atom. The van der Waals surface area contributed by atoms with E-state index in [4.69, 9.17) is 0 Å². The minimum Gasteiger partial charge on any atom is -0.293 e. The van der Waals surface area contributed by atoms with Crippen LogP contribution in [0.5, 0.6) is 0 Å². The van der Waals surface area contributed by atoms with E-state index in [-0.39, 0.29) is 6.42 Å². The van der Waals surface area contributed by atoms with Gasteiger partial charge in [-0.2, -0.15) is 0 Å². The summed E-state index contributed by atoms with van der Waals surface area (Å²) in [5, 5.41) is 1.75. The van der Waals surface area contributed by atoms with Gasteiger partial charge in [-0.25, -0.2) is 8.78 Å². The number of hydrogen-bond acceptors (Lipinski definition) is 2. The van der Waals surface area contributed by atoms with Crippen molar-refractivity contribution in [3.05, 3.63) is 20.8 Å². The van der Waals surface area contributed by atoms with Gasteiger partial charge in [0, 0.05) is 6.42 Å². The molecule has 0 saturated carbocycles. The molecule has 0 N–H and O–H groups in total. The second-order valence-corrected chi connectivity index (χ2v) is 4.40. The summed E-state index contributed by atoms with van der Waals surface area (Å²) in [6.07, 6.45) is -3.06. The summed E-state index contributed by atoms with van der Waals surface area (Å²) < 4.78 is 24.3. The van der Waals surface area contributed by atoms with Crippen molar-refractivity contribution in [3.8, 4) is 0 Å². The number of Topliss-reactive ketones (excluding diaryl/α,β-unsaturated/α-hetero) is 1. The number of thiophene rings is 1. The Morgan fingerprint density at radius 3 is 2.75 bits per heavy atom. The van der Waals surface area contributed by atoms with Crippen LogP contribution in [-0.4, -0.2) is 12.2 Å². The number of halogens is 3. The molecule has 1 rings (SSSR count). The van der Waals surface area contributed by atoms with E-state index in [9.17, 15) is 13.6 Å². The van der Waals surface area contributed by atoms with Crippen LogP contribution in [0.4, 0.5) is 8.78 Å². The molecule has 0 saturated heterocycles. The number of rotatable bonds is 3. The first-order valence-corrected chi connectivity index (χ1v) is 4.81. The Morgan fingerprint density at radius 1 is 1.67 bits per heavy atom. The van der Waals surface area contributed by atoms with Crippen molar-refractivity contribution >= 4 is 33.0 Å². The summed E-state index contributed by atoms with van der Waals surface area (Å²) in [5.74, 6) is -1.03. The zero-order valence-electron chi connectivity index (χ0n) is 5.89. The largest absolute Gasteiger partial charge is 0.296 e. The molecule has 0 aliphatic heterocycles. The van der Waals surface area contributed by atoms with Gasteiger partial charge in [0.2, 0.25) is 5.78 Å². The molecule has 0 fully saturated rings. The lowest BCUT2D eigenvalue weighted by atomic mass is 10.2. The summed E-state index contributed by atoms with van der Waals surface area (Å²) in [6, 6.07) is 1.66. The molecule has 1 aromatic heterocycles. The van der Waals surface area contributed by atoms with Crippen LogP contribution in [0.25, 0.3) is 0 Å². The molecule has 1 heterocycles. The fourth-order valence-corrected chi connectivity index (χ4v) is 1.95. The topological polar surface area (TPSA) is 17.1 Å². The molecule has 66 valence electrons. The van der Waals surface area contributed by atoms with E-state index in [1.165, 1.54) is 11.3 Å². The minimum absolute atomic E-state index is 0.193. The van der Waals surface area contributed by atoms with Crippen LogP contribution in [0, 0.1) is 0 Å². The van der Waals surface area contributed by atoms with Gasteiger partial charge in [-0.15, -0.1) is 11.3 Å². The van der Waals surface area contributed by atoms with Gasteiger partial charge in [-0.1, -0.05) is 0 Å². The predicted molar refractivity (Wildman–Crippen MR) is 46.7 cm³/mol. The third-order valence-electron chi connectivity index (χ3n) is 1.30. The Bertz CT molecular complexity index is 285. The van der Waals surface area contributed by atoms with Crippen LogP contribution in [0.2, 0.25) is 0 Å². The Kier molecular flexibility index (Phi) is 3.34. The Labute approximate surface area is 80.5 Å². The standard InChI is InChI=1S/C7H5BrF2OS/c8-6-4(1-2-12-6)3-5(11)7(9)10/h1-2,7H,3H2. The summed E-state index contributed by atoms with van der Waals surface area (Å²) in [6.45, 7) is 0. The monoisotopic (exact) mass is 254 g/mol. The smallest absolute Gasteiger partial charge is 0.293 e. The molecular weight excluding hydrogens is 250 g/mol. The molecule has 0 spiro atoms. The zero-order valence-corrected chi connectivity index (χ0v) is 8.29. The maximum Gasteiger partial charge on any atom is 0.296 e. The first-order chi connectivity index (χ1) is 5.61. The molecule has 1 nitrogen and oxygen atoms in total. The lowest BCUT2D eigenvalue weighted by Crippen LogP contribution is -2.12. The minimum atomic E-state index is -2.86. The summed E-state index contributed by atoms with van der Waals surface area (Å²) >= 11 is 4.54. The van der Waals surface area contributed by atoms with Crippen molar-refractivity contribution < 1.29 is 13.6 Å². The molecule has 12 heavy (non-hydrogen) atoms. The van der Waals surface area contributed by atoms with E-state index < -0.39 is 12.2 Å². The third kappa shape index (κ3) is 2.35. The maximum atomic E-state index is 11.8. The van der Waals surface area contributed by atoms with Gasteiger partial charge in [-0.05, 0) is 32.9 Å². The van der Waals surface area contributed by atoms with Gasteiger partial charge in [0.05, 0.1) is 3.79 Å². The number of carbonyl (C=O) groups excluding carboxylic acids is 1. The van der Waals surface area contributed by atoms with Crippen LogP contribution in [0.15, 0.2) is 15.2 Å². The molecule has 0 aliphatic carbocycles. The first kappa shape index (κ1) is 9.80. The average Bonchev–Trinajstić information content (AvgIpc) is 2.36. The number of alkyl halides is 2. The Hall–Kier alpha value is -0.290. The molecule has 0 aromatic carbocycles. The summed E-state index contributed by atoms with van der Waals surface area (Å²) in [7, 11) is 0. The summed E-state index contributed by atoms with van der Waals surface area (Å²) in [5.41, 5.74) is 0.630. The van der Waals surface area contributed by atoms with Crippen LogP contribution in [0.1, 0.15) is 5.56 Å². The molecule has 0 bridgehead atoms. The van der Waals surface area contributed by atoms with E-state index in [0.29, 0.717) is 5.56 Å². The van der Waals surface area contributed by atoms with Gasteiger partial charge in [0.1, 0.15) is 0 Å². The highest BCUT2D eigenvalue weighted by atomic mass is 79.9. The van der Waals surface area contributed by atoms with E-state index in [2.05, 4.69) is 15.9 Å². The van der Waals surface area contributed by atoms with Crippen molar-refractivity contribution in [1.82, 2.24) is 0 Å². The number of carbonyl (C=O) groups is 1. The SMILES string of the molecule is O=C(Cc1ccsc1Br)C(F)F. The Balaban J connectivity index is 2.64. The highest BCUT2D eigenvalue weighted by Crippen LogP contribution is 2.24. The predicted octanol–water partition coefficient (Wildman–Crippen LogP) is 2.89. The summed E-state index contributed by atoms with van der Waals surface area (Å²) in [4.78, 5) is 10.6. The zero-order chi connectivity index (χ0) is 9.14. The van der Waals surface area contributed by atoms with E-state index in [0.717, 1.165) is 3.79 Å². The molecule has 0 unspecified atom stereocenters. The number of hydrogen-bond donors (Lipinski definition) is 0. The van der Waals surface area contributed by atoms with Crippen LogP contribution >= 0.6 is 27.3 Å². The molecular formula is C7H5BrF2OS. The molecule has 0 amide bonds. The third-order valence-corrected chi connectivity index (χ3v) is 3.11. The van der Waals surface area contributed by atoms with Gasteiger partial charge < -0.3 is 0 Å². The van der Waals surface area contributed by atoms with Crippen LogP contribution in [0.3, 0.4) is 0 Å². The lowest BCUT2D eigenvalue weighted by molar-refractivity contribution is -0.128. The van der Waals surface area contributed by atoms with Gasteiger partial charge in [-0.3, -0.25) is 4.79 Å². The van der Waals surface area contributed by atoms with E-state index in [1.54, 1.807) is 11.4 Å². The fourth-order valence-electron chi connectivity index (χ4n) is 0.710. The van der Waals surface area contributed by atoms with Crippen molar-refractivity contribution in [2.45, 2.75) is 12.8 Å². The molecule has 0 aliphatic rings. The quantitative estimate of drug-likeness (QED) is 0.811. The van der Waals surface area contributed by atoms with Gasteiger partial charge >= 0.3 is 0 Å². The fraction of sp³-hybridized carbons (Fsp3) is 0.286. The maximum absolute atomic E-state index is 11.8. The van der Waals surface area contributed by atoms with Crippen LogP contribution < -0.4 is 0 Å². The lowest BCUT2D eigenvalue weighted by Gasteiger charge is -1.96. The van der Waals surface area contributed by atoms with Gasteiger partial charge in [0.25, 0.3) is 6.43 Å². The average molecular weight is 255 g/mol. The normalized spacial score (nSPS) is 10.7. The van der Waals surface area contributed by atoms with Gasteiger partial charge in [0.15, 0.2) is 0 Å². The van der Waals surface area contributed by atoms with Crippen molar-refractivity contribution in [2.24, 2.45) is 0 Å². The first-order valence-electron chi connectivity index (χ1n) is 3.14. The number of ketones is 1. The van der Waals surface area contributed by atoms with Crippen molar-refractivity contribution in [1.29, 1.82) is 0 Å². The van der Waals surface area contributed by atoms with E-state index >= 15 is 0 Å². The second kappa shape index (κ2) is 4.09. The molecule has 0 atom stereocenters. The highest BCUT2D eigenvalue weighted by Gasteiger charge is 2.16. The van der Waals surface area contributed by atoms with Crippen molar-refractivity contribution in [3.63, 3.8) is 0 Å². The van der Waals surface area contributed by atoms with Crippen LogP contribution in [-0.2, 0) is 11.2 Å².